The number of rotatable bonds is 9. The fourth-order valence-electron chi connectivity index (χ4n) is 3.09. The summed E-state index contributed by atoms with van der Waals surface area (Å²) in [7, 11) is 1.61. The van der Waals surface area contributed by atoms with Gasteiger partial charge in [-0.15, -0.1) is 0 Å². The summed E-state index contributed by atoms with van der Waals surface area (Å²) in [5, 5.41) is 4.89. The molecular formula is C23H27N3O3. The molecule has 0 aliphatic carbocycles. The van der Waals surface area contributed by atoms with Gasteiger partial charge in [-0.05, 0) is 49.2 Å². The van der Waals surface area contributed by atoms with Crippen LogP contribution in [-0.2, 0) is 0 Å². The summed E-state index contributed by atoms with van der Waals surface area (Å²) in [6.07, 6.45) is 6.23. The van der Waals surface area contributed by atoms with E-state index in [2.05, 4.69) is 17.0 Å². The summed E-state index contributed by atoms with van der Waals surface area (Å²) >= 11 is 0. The van der Waals surface area contributed by atoms with E-state index in [4.69, 9.17) is 9.47 Å². The number of hydrogen-bond acceptors (Lipinski definition) is 5. The number of nitrogens with zero attached hydrogens (tertiary/aromatic N) is 3. The maximum absolute atomic E-state index is 12.7. The first-order valence-electron chi connectivity index (χ1n) is 9.97. The number of ether oxygens (including phenoxy) is 2. The molecule has 2 aromatic carbocycles. The zero-order chi connectivity index (χ0) is 20.6. The highest BCUT2D eigenvalue weighted by atomic mass is 16.5. The fraction of sp³-hybridized carbons (Fsp3) is 0.348. The smallest absolute Gasteiger partial charge is 0.282 e. The van der Waals surface area contributed by atoms with Crippen molar-refractivity contribution in [2.45, 2.75) is 39.5 Å². The Morgan fingerprint density at radius 1 is 1.10 bits per heavy atom. The minimum atomic E-state index is -0.191. The van der Waals surface area contributed by atoms with Crippen molar-refractivity contribution in [3.63, 3.8) is 0 Å². The van der Waals surface area contributed by atoms with Crippen LogP contribution in [0.15, 0.2) is 52.4 Å². The lowest BCUT2D eigenvalue weighted by atomic mass is 10.2. The van der Waals surface area contributed by atoms with Gasteiger partial charge in [0.2, 0.25) is 0 Å². The molecule has 29 heavy (non-hydrogen) atoms. The number of hydrogen-bond donors (Lipinski definition) is 0. The van der Waals surface area contributed by atoms with Crippen LogP contribution in [0.25, 0.3) is 10.9 Å². The molecule has 0 bridgehead atoms. The molecule has 0 N–H and O–H groups in total. The van der Waals surface area contributed by atoms with Crippen LogP contribution < -0.4 is 15.0 Å². The number of fused-ring (bicyclic) bond motifs is 1. The summed E-state index contributed by atoms with van der Waals surface area (Å²) in [4.78, 5) is 17.2. The first-order chi connectivity index (χ1) is 14.1. The molecule has 6 heteroatoms. The molecule has 0 saturated heterocycles. The van der Waals surface area contributed by atoms with Crippen LogP contribution in [-0.4, -0.2) is 29.6 Å². The van der Waals surface area contributed by atoms with E-state index >= 15 is 0 Å². The Morgan fingerprint density at radius 2 is 1.93 bits per heavy atom. The Labute approximate surface area is 170 Å². The third-order valence-electron chi connectivity index (χ3n) is 4.68. The van der Waals surface area contributed by atoms with Gasteiger partial charge in [0.25, 0.3) is 5.56 Å². The summed E-state index contributed by atoms with van der Waals surface area (Å²) in [6.45, 7) is 4.62. The van der Waals surface area contributed by atoms with E-state index in [1.165, 1.54) is 17.5 Å². The normalized spacial score (nSPS) is 11.3. The van der Waals surface area contributed by atoms with Gasteiger partial charge in [-0.2, -0.15) is 9.78 Å². The average Bonchev–Trinajstić information content (AvgIpc) is 2.74. The molecular weight excluding hydrogens is 366 g/mol. The third kappa shape index (κ3) is 5.02. The van der Waals surface area contributed by atoms with Crippen molar-refractivity contribution in [3.05, 3.63) is 64.2 Å². The van der Waals surface area contributed by atoms with E-state index in [0.29, 0.717) is 34.8 Å². The largest absolute Gasteiger partial charge is 0.493 e. The molecule has 3 aromatic rings. The summed E-state index contributed by atoms with van der Waals surface area (Å²) in [5.74, 6) is 1.89. The molecule has 0 radical (unpaired) electrons. The van der Waals surface area contributed by atoms with Gasteiger partial charge in [0.15, 0.2) is 11.5 Å². The van der Waals surface area contributed by atoms with E-state index in [1.807, 2.05) is 36.4 Å². The fourth-order valence-corrected chi connectivity index (χ4v) is 3.09. The topological polar surface area (TPSA) is 65.7 Å². The Morgan fingerprint density at radius 3 is 2.72 bits per heavy atom. The summed E-state index contributed by atoms with van der Waals surface area (Å²) < 4.78 is 12.6. The molecule has 0 aliphatic rings. The monoisotopic (exact) mass is 393 g/mol. The number of aromatic nitrogens is 2. The number of benzene rings is 2. The van der Waals surface area contributed by atoms with Gasteiger partial charge in [0.1, 0.15) is 5.82 Å². The van der Waals surface area contributed by atoms with Crippen LogP contribution in [0.3, 0.4) is 0 Å². The second-order valence-corrected chi connectivity index (χ2v) is 6.86. The molecule has 6 nitrogen and oxygen atoms in total. The molecule has 1 heterocycles. The lowest BCUT2D eigenvalue weighted by Gasteiger charge is -2.11. The van der Waals surface area contributed by atoms with Crippen LogP contribution >= 0.6 is 0 Å². The minimum absolute atomic E-state index is 0.191. The van der Waals surface area contributed by atoms with Gasteiger partial charge >= 0.3 is 0 Å². The highest BCUT2D eigenvalue weighted by Crippen LogP contribution is 2.27. The lowest BCUT2D eigenvalue weighted by molar-refractivity contribution is 0.285. The van der Waals surface area contributed by atoms with Crippen LogP contribution in [0.4, 0.5) is 0 Å². The van der Waals surface area contributed by atoms with E-state index in [1.54, 1.807) is 26.3 Å². The highest BCUT2D eigenvalue weighted by molar-refractivity contribution is 5.81. The van der Waals surface area contributed by atoms with Gasteiger partial charge in [0.05, 0.1) is 30.8 Å². The van der Waals surface area contributed by atoms with Crippen molar-refractivity contribution in [3.8, 4) is 11.5 Å². The van der Waals surface area contributed by atoms with Crippen molar-refractivity contribution in [2.75, 3.05) is 13.7 Å². The Hall–Kier alpha value is -3.15. The van der Waals surface area contributed by atoms with Crippen LogP contribution in [0.2, 0.25) is 0 Å². The van der Waals surface area contributed by atoms with Gasteiger partial charge in [0, 0.05) is 0 Å². The molecule has 0 saturated carbocycles. The zero-order valence-electron chi connectivity index (χ0n) is 17.2. The first-order valence-corrected chi connectivity index (χ1v) is 9.97. The maximum atomic E-state index is 12.7. The van der Waals surface area contributed by atoms with E-state index in [-0.39, 0.29) is 5.56 Å². The number of unbranched alkanes of at least 4 members (excludes halogenated alkanes) is 3. The van der Waals surface area contributed by atoms with Gasteiger partial charge in [-0.1, -0.05) is 38.3 Å². The Kier molecular flexibility index (Phi) is 7.00. The predicted octanol–water partition coefficient (Wildman–Crippen LogP) is 4.55. The Bertz CT molecular complexity index is 1060. The second-order valence-electron chi connectivity index (χ2n) is 6.86. The van der Waals surface area contributed by atoms with E-state index in [9.17, 15) is 4.79 Å². The maximum Gasteiger partial charge on any atom is 0.282 e. The highest BCUT2D eigenvalue weighted by Gasteiger charge is 2.08. The number of methoxy groups -OCH3 is 1. The molecule has 0 spiro atoms. The van der Waals surface area contributed by atoms with Crippen LogP contribution in [0.1, 0.15) is 44.0 Å². The van der Waals surface area contributed by atoms with E-state index < -0.39 is 0 Å². The van der Waals surface area contributed by atoms with Crippen LogP contribution in [0.5, 0.6) is 11.5 Å². The van der Waals surface area contributed by atoms with E-state index in [0.717, 1.165) is 18.4 Å². The van der Waals surface area contributed by atoms with Gasteiger partial charge in [-0.25, -0.2) is 4.98 Å². The molecule has 0 amide bonds. The molecule has 0 aliphatic heterocycles. The SMILES string of the molecule is CCCCCCOc1ccc(C=Nn2c(C)nc3ccccc3c2=O)cc1OC. The van der Waals surface area contributed by atoms with Crippen molar-refractivity contribution in [1.82, 2.24) is 9.66 Å². The lowest BCUT2D eigenvalue weighted by Crippen LogP contribution is -2.20. The zero-order valence-corrected chi connectivity index (χ0v) is 17.2. The Balaban J connectivity index is 1.79. The average molecular weight is 393 g/mol. The predicted molar refractivity (Wildman–Crippen MR) is 116 cm³/mol. The van der Waals surface area contributed by atoms with Crippen molar-refractivity contribution >= 4 is 17.1 Å². The van der Waals surface area contributed by atoms with Gasteiger partial charge in [-0.3, -0.25) is 4.79 Å². The molecule has 1 aromatic heterocycles. The minimum Gasteiger partial charge on any atom is -0.493 e. The molecule has 0 atom stereocenters. The number of aryl methyl sites for hydroxylation is 1. The van der Waals surface area contributed by atoms with Crippen molar-refractivity contribution < 1.29 is 9.47 Å². The summed E-state index contributed by atoms with van der Waals surface area (Å²) in [6, 6.07) is 12.9. The third-order valence-corrected chi connectivity index (χ3v) is 4.68. The molecule has 0 unspecified atom stereocenters. The van der Waals surface area contributed by atoms with Crippen LogP contribution in [0, 0.1) is 6.92 Å². The number of para-hydroxylation sites is 1. The standard InChI is InChI=1S/C23H27N3O3/c1-4-5-6-9-14-29-21-13-12-18(15-22(21)28-3)16-24-26-17(2)25-20-11-8-7-10-19(20)23(26)27/h7-8,10-13,15-16H,4-6,9,14H2,1-3H3. The molecule has 3 rings (SSSR count). The van der Waals surface area contributed by atoms with Crippen molar-refractivity contribution in [1.29, 1.82) is 0 Å². The quantitative estimate of drug-likeness (QED) is 0.395. The van der Waals surface area contributed by atoms with Crippen molar-refractivity contribution in [2.24, 2.45) is 5.10 Å². The first kappa shape index (κ1) is 20.6. The molecule has 152 valence electrons. The second kappa shape index (κ2) is 9.87. The summed E-state index contributed by atoms with van der Waals surface area (Å²) in [5.41, 5.74) is 1.28. The van der Waals surface area contributed by atoms with Gasteiger partial charge < -0.3 is 9.47 Å². The molecule has 0 fully saturated rings.